The van der Waals surface area contributed by atoms with Gasteiger partial charge in [0.1, 0.15) is 0 Å². The molecule has 0 aromatic carbocycles. The predicted molar refractivity (Wildman–Crippen MR) is 71.8 cm³/mol. The Bertz CT molecular complexity index is 475. The van der Waals surface area contributed by atoms with E-state index in [2.05, 4.69) is 24.2 Å². The SMILES string of the molecule is C=CC[Si](CC=C)(CC=C)OC(=O)C(F)(F)S(=O)(=O)F. The smallest absolute Gasteiger partial charge is 0.469 e. The van der Waals surface area contributed by atoms with E-state index in [9.17, 15) is 25.9 Å². The summed E-state index contributed by atoms with van der Waals surface area (Å²) in [7, 11) is -9.54. The Morgan fingerprint density at radius 1 is 1.10 bits per heavy atom. The van der Waals surface area contributed by atoms with Crippen LogP contribution in [0.15, 0.2) is 38.0 Å². The minimum absolute atomic E-state index is 0.0825. The van der Waals surface area contributed by atoms with Gasteiger partial charge in [0.05, 0.1) is 0 Å². The molecule has 0 N–H and O–H groups in total. The average molecular weight is 328 g/mol. The molecule has 0 rings (SSSR count). The van der Waals surface area contributed by atoms with Crippen LogP contribution < -0.4 is 0 Å². The molecule has 0 saturated carbocycles. The summed E-state index contributed by atoms with van der Waals surface area (Å²) in [6, 6.07) is 0.248. The van der Waals surface area contributed by atoms with Crippen molar-refractivity contribution in [1.29, 1.82) is 0 Å². The lowest BCUT2D eigenvalue weighted by molar-refractivity contribution is -0.152. The number of carbonyl (C=O) groups excluding carboxylic acids is 1. The van der Waals surface area contributed by atoms with Gasteiger partial charge in [0.25, 0.3) is 8.32 Å². The molecule has 20 heavy (non-hydrogen) atoms. The van der Waals surface area contributed by atoms with E-state index >= 15 is 0 Å². The van der Waals surface area contributed by atoms with Crippen LogP contribution in [-0.2, 0) is 19.4 Å². The summed E-state index contributed by atoms with van der Waals surface area (Å²) in [6.45, 7) is 10.3. The third-order valence-electron chi connectivity index (χ3n) is 2.40. The number of halogens is 3. The zero-order chi connectivity index (χ0) is 16.0. The lowest BCUT2D eigenvalue weighted by Gasteiger charge is -2.29. The van der Waals surface area contributed by atoms with Crippen molar-refractivity contribution in [2.45, 2.75) is 23.4 Å². The van der Waals surface area contributed by atoms with Crippen molar-refractivity contribution in [3.8, 4) is 0 Å². The molecule has 0 aromatic rings. The number of rotatable bonds is 9. The highest BCUT2D eigenvalue weighted by Gasteiger charge is 2.57. The van der Waals surface area contributed by atoms with E-state index in [0.717, 1.165) is 0 Å². The van der Waals surface area contributed by atoms with Crippen LogP contribution in [0, 0.1) is 0 Å². The van der Waals surface area contributed by atoms with Crippen molar-refractivity contribution in [3.63, 3.8) is 0 Å². The van der Waals surface area contributed by atoms with Gasteiger partial charge in [-0.25, -0.2) is 4.79 Å². The molecule has 0 aliphatic rings. The summed E-state index contributed by atoms with van der Waals surface area (Å²) < 4.78 is 63.8. The largest absolute Gasteiger partial charge is 0.513 e. The Kier molecular flexibility index (Phi) is 6.42. The third-order valence-corrected chi connectivity index (χ3v) is 6.90. The molecule has 0 radical (unpaired) electrons. The summed E-state index contributed by atoms with van der Waals surface area (Å²) in [5.74, 6) is -2.42. The average Bonchev–Trinajstić information content (AvgIpc) is 2.28. The van der Waals surface area contributed by atoms with Crippen LogP contribution >= 0.6 is 0 Å². The first-order valence-electron chi connectivity index (χ1n) is 5.44. The van der Waals surface area contributed by atoms with Crippen LogP contribution in [0.1, 0.15) is 0 Å². The van der Waals surface area contributed by atoms with E-state index in [4.69, 9.17) is 0 Å². The molecule has 9 heteroatoms. The lowest BCUT2D eigenvalue weighted by Crippen LogP contribution is -2.46. The van der Waals surface area contributed by atoms with E-state index in [1.807, 2.05) is 0 Å². The molecule has 4 nitrogen and oxygen atoms in total. The molecule has 0 amide bonds. The van der Waals surface area contributed by atoms with Crippen molar-refractivity contribution < 1.29 is 30.3 Å². The normalized spacial score (nSPS) is 12.6. The van der Waals surface area contributed by atoms with E-state index in [-0.39, 0.29) is 18.1 Å². The summed E-state index contributed by atoms with van der Waals surface area (Å²) >= 11 is 0. The summed E-state index contributed by atoms with van der Waals surface area (Å²) in [4.78, 5) is 11.3. The molecule has 0 aromatic heterocycles. The van der Waals surface area contributed by atoms with Gasteiger partial charge < -0.3 is 4.43 Å². The number of carbonyl (C=O) groups is 1. The van der Waals surface area contributed by atoms with E-state index in [1.54, 1.807) is 0 Å². The molecular weight excluding hydrogens is 313 g/mol. The first kappa shape index (κ1) is 18.6. The topological polar surface area (TPSA) is 60.4 Å². The molecule has 0 bridgehead atoms. The van der Waals surface area contributed by atoms with Gasteiger partial charge in [-0.3, -0.25) is 0 Å². The van der Waals surface area contributed by atoms with Crippen LogP contribution in [0.2, 0.25) is 18.1 Å². The van der Waals surface area contributed by atoms with Crippen molar-refractivity contribution in [2.24, 2.45) is 0 Å². The van der Waals surface area contributed by atoms with Gasteiger partial charge in [-0.1, -0.05) is 22.1 Å². The molecule has 114 valence electrons. The van der Waals surface area contributed by atoms with Gasteiger partial charge in [0.15, 0.2) is 0 Å². The Balaban J connectivity index is 5.45. The monoisotopic (exact) mass is 328 g/mol. The fourth-order valence-corrected chi connectivity index (χ4v) is 4.68. The molecule has 0 spiro atoms. The number of allylic oxidation sites excluding steroid dienone is 3. The second-order valence-corrected chi connectivity index (χ2v) is 9.19. The Morgan fingerprint density at radius 3 is 1.70 bits per heavy atom. The quantitative estimate of drug-likeness (QED) is 0.371. The molecule has 0 aliphatic carbocycles. The zero-order valence-electron chi connectivity index (χ0n) is 10.6. The van der Waals surface area contributed by atoms with E-state index in [0.29, 0.717) is 0 Å². The number of alkyl halides is 2. The Morgan fingerprint density at radius 2 is 1.45 bits per heavy atom. The van der Waals surface area contributed by atoms with Gasteiger partial charge in [0.2, 0.25) is 0 Å². The van der Waals surface area contributed by atoms with Crippen LogP contribution in [0.3, 0.4) is 0 Å². The number of hydrogen-bond donors (Lipinski definition) is 0. The molecule has 0 saturated heterocycles. The molecule has 0 atom stereocenters. The van der Waals surface area contributed by atoms with Crippen molar-refractivity contribution >= 4 is 24.5 Å². The van der Waals surface area contributed by atoms with E-state index in [1.165, 1.54) is 18.2 Å². The van der Waals surface area contributed by atoms with Crippen LogP contribution in [0.4, 0.5) is 12.7 Å². The molecular formula is C11H15F3O4SSi. The van der Waals surface area contributed by atoms with Crippen LogP contribution in [0.25, 0.3) is 0 Å². The maximum absolute atomic E-state index is 13.1. The Hall–Kier alpha value is -1.35. The molecule has 0 fully saturated rings. The summed E-state index contributed by atoms with van der Waals surface area (Å²) in [6.07, 6.45) is 4.07. The third kappa shape index (κ3) is 4.34. The van der Waals surface area contributed by atoms with Gasteiger partial charge in [-0.05, 0) is 18.1 Å². The number of hydrogen-bond acceptors (Lipinski definition) is 4. The zero-order valence-corrected chi connectivity index (χ0v) is 12.5. The maximum Gasteiger partial charge on any atom is 0.469 e. The highest BCUT2D eigenvalue weighted by Crippen LogP contribution is 2.31. The van der Waals surface area contributed by atoms with Crippen molar-refractivity contribution in [2.75, 3.05) is 0 Å². The van der Waals surface area contributed by atoms with Crippen molar-refractivity contribution in [3.05, 3.63) is 38.0 Å². The van der Waals surface area contributed by atoms with Crippen LogP contribution in [0.5, 0.6) is 0 Å². The highest BCUT2D eigenvalue weighted by atomic mass is 32.3. The van der Waals surface area contributed by atoms with Crippen LogP contribution in [-0.4, -0.2) is 28.0 Å². The molecule has 0 aliphatic heterocycles. The molecule has 0 unspecified atom stereocenters. The highest BCUT2D eigenvalue weighted by molar-refractivity contribution is 7.88. The Labute approximate surface area is 117 Å². The first-order chi connectivity index (χ1) is 9.06. The molecule has 0 heterocycles. The van der Waals surface area contributed by atoms with Gasteiger partial charge >= 0.3 is 21.4 Å². The minimum atomic E-state index is -6.38. The minimum Gasteiger partial charge on any atom is -0.513 e. The fraction of sp³-hybridized carbons (Fsp3) is 0.364. The van der Waals surface area contributed by atoms with Crippen molar-refractivity contribution in [1.82, 2.24) is 0 Å². The first-order valence-corrected chi connectivity index (χ1v) is 9.36. The van der Waals surface area contributed by atoms with Gasteiger partial charge in [0, 0.05) is 0 Å². The predicted octanol–water partition coefficient (Wildman–Crippen LogP) is 2.93. The van der Waals surface area contributed by atoms with Gasteiger partial charge in [-0.2, -0.15) is 17.2 Å². The second kappa shape index (κ2) is 6.89. The van der Waals surface area contributed by atoms with Gasteiger partial charge in [-0.15, -0.1) is 19.7 Å². The summed E-state index contributed by atoms with van der Waals surface area (Å²) in [5, 5.41) is -5.23. The van der Waals surface area contributed by atoms with E-state index < -0.39 is 29.8 Å². The lowest BCUT2D eigenvalue weighted by atomic mass is 10.7. The second-order valence-electron chi connectivity index (χ2n) is 4.01. The maximum atomic E-state index is 13.1. The fourth-order valence-electron chi connectivity index (χ4n) is 1.52. The summed E-state index contributed by atoms with van der Waals surface area (Å²) in [5.41, 5.74) is 0. The standard InChI is InChI=1S/C11H15F3O4SSi/c1-4-7-20(8-5-2,9-6-3)18-10(15)11(12,13)19(14,16)17/h4-6H,1-3,7-9H2.